The van der Waals surface area contributed by atoms with Gasteiger partial charge < -0.3 is 4.90 Å². The molecule has 1 aliphatic heterocycles. The molecule has 0 unspecified atom stereocenters. The van der Waals surface area contributed by atoms with Gasteiger partial charge in [0.05, 0.1) is 0 Å². The predicted octanol–water partition coefficient (Wildman–Crippen LogP) is 2.92. The van der Waals surface area contributed by atoms with Crippen molar-refractivity contribution in [2.24, 2.45) is 5.92 Å². The monoisotopic (exact) mass is 299 g/mol. The molecule has 0 amide bonds. The highest BCUT2D eigenvalue weighted by atomic mass is 35.5. The Kier molecular flexibility index (Phi) is 4.27. The summed E-state index contributed by atoms with van der Waals surface area (Å²) in [5.74, 6) is 0.987. The van der Waals surface area contributed by atoms with E-state index in [-0.39, 0.29) is 0 Å². The van der Waals surface area contributed by atoms with Crippen LogP contribution in [-0.2, 0) is 6.54 Å². The van der Waals surface area contributed by atoms with Crippen LogP contribution in [0.25, 0.3) is 0 Å². The average molecular weight is 300 g/mol. The SMILES string of the molecule is Clc1ccc(CN2CCN(CC3CC3)CC2)c(Cl)n1. The topological polar surface area (TPSA) is 19.4 Å². The van der Waals surface area contributed by atoms with Crippen LogP contribution in [0.1, 0.15) is 18.4 Å². The first-order chi connectivity index (χ1) is 9.20. The molecule has 0 atom stereocenters. The van der Waals surface area contributed by atoms with Gasteiger partial charge in [0.2, 0.25) is 0 Å². The summed E-state index contributed by atoms with van der Waals surface area (Å²) >= 11 is 11.9. The van der Waals surface area contributed by atoms with Crippen LogP contribution in [0, 0.1) is 5.92 Å². The molecule has 5 heteroatoms. The van der Waals surface area contributed by atoms with E-state index in [1.807, 2.05) is 12.1 Å². The second-order valence-electron chi connectivity index (χ2n) is 5.60. The van der Waals surface area contributed by atoms with Gasteiger partial charge in [0.1, 0.15) is 10.3 Å². The van der Waals surface area contributed by atoms with Gasteiger partial charge in [0.15, 0.2) is 0 Å². The van der Waals surface area contributed by atoms with Gasteiger partial charge in [-0.15, -0.1) is 0 Å². The number of halogens is 2. The largest absolute Gasteiger partial charge is 0.301 e. The highest BCUT2D eigenvalue weighted by Gasteiger charge is 2.26. The minimum atomic E-state index is 0.461. The number of piperazine rings is 1. The Hall–Kier alpha value is -0.350. The standard InChI is InChI=1S/C14H19Cl2N3/c15-13-4-3-12(14(16)17-13)10-19-7-5-18(6-8-19)9-11-1-2-11/h3-4,11H,1-2,5-10H2. The fraction of sp³-hybridized carbons (Fsp3) is 0.643. The van der Waals surface area contributed by atoms with Crippen LogP contribution in [0.3, 0.4) is 0 Å². The normalized spacial score (nSPS) is 21.8. The summed E-state index contributed by atoms with van der Waals surface area (Å²) < 4.78 is 0. The molecule has 2 aliphatic rings. The summed E-state index contributed by atoms with van der Waals surface area (Å²) in [4.78, 5) is 9.13. The van der Waals surface area contributed by atoms with Crippen LogP contribution in [0.15, 0.2) is 12.1 Å². The predicted molar refractivity (Wildman–Crippen MR) is 78.7 cm³/mol. The van der Waals surface area contributed by atoms with Gasteiger partial charge in [0.25, 0.3) is 0 Å². The lowest BCUT2D eigenvalue weighted by Crippen LogP contribution is -2.46. The summed E-state index contributed by atoms with van der Waals surface area (Å²) in [6.07, 6.45) is 2.87. The molecule has 3 nitrogen and oxygen atoms in total. The number of hydrogen-bond donors (Lipinski definition) is 0. The van der Waals surface area contributed by atoms with E-state index in [1.165, 1.54) is 32.5 Å². The van der Waals surface area contributed by atoms with E-state index >= 15 is 0 Å². The first-order valence-electron chi connectivity index (χ1n) is 6.96. The van der Waals surface area contributed by atoms with Gasteiger partial charge in [0, 0.05) is 44.8 Å². The van der Waals surface area contributed by atoms with Crippen molar-refractivity contribution >= 4 is 23.2 Å². The Balaban J connectivity index is 1.50. The van der Waals surface area contributed by atoms with E-state index < -0.39 is 0 Å². The maximum absolute atomic E-state index is 6.12. The van der Waals surface area contributed by atoms with E-state index in [2.05, 4.69) is 14.8 Å². The average Bonchev–Trinajstić information content (AvgIpc) is 3.19. The lowest BCUT2D eigenvalue weighted by atomic mass is 10.2. The van der Waals surface area contributed by atoms with E-state index in [0.717, 1.165) is 31.1 Å². The molecule has 2 fully saturated rings. The third-order valence-corrected chi connectivity index (χ3v) is 4.50. The van der Waals surface area contributed by atoms with Crippen molar-refractivity contribution in [3.05, 3.63) is 28.0 Å². The summed E-state index contributed by atoms with van der Waals surface area (Å²) in [5.41, 5.74) is 1.07. The Morgan fingerprint density at radius 3 is 2.37 bits per heavy atom. The molecule has 0 radical (unpaired) electrons. The minimum Gasteiger partial charge on any atom is -0.301 e. The maximum Gasteiger partial charge on any atom is 0.135 e. The molecular weight excluding hydrogens is 281 g/mol. The Labute approximate surface area is 124 Å². The minimum absolute atomic E-state index is 0.461. The van der Waals surface area contributed by atoms with Crippen LogP contribution >= 0.6 is 23.2 Å². The highest BCUT2D eigenvalue weighted by Crippen LogP contribution is 2.30. The van der Waals surface area contributed by atoms with Crippen molar-refractivity contribution in [3.63, 3.8) is 0 Å². The summed E-state index contributed by atoms with van der Waals surface area (Å²) in [6, 6.07) is 3.79. The van der Waals surface area contributed by atoms with Crippen LogP contribution in [0.4, 0.5) is 0 Å². The highest BCUT2D eigenvalue weighted by molar-refractivity contribution is 6.32. The van der Waals surface area contributed by atoms with E-state index in [1.54, 1.807) is 0 Å². The zero-order valence-corrected chi connectivity index (χ0v) is 12.5. The van der Waals surface area contributed by atoms with Crippen molar-refractivity contribution in [2.45, 2.75) is 19.4 Å². The van der Waals surface area contributed by atoms with Crippen molar-refractivity contribution in [2.75, 3.05) is 32.7 Å². The van der Waals surface area contributed by atoms with Crippen molar-refractivity contribution < 1.29 is 0 Å². The van der Waals surface area contributed by atoms with Gasteiger partial charge in [-0.05, 0) is 24.8 Å². The molecule has 1 aromatic rings. The second-order valence-corrected chi connectivity index (χ2v) is 6.35. The molecule has 0 bridgehead atoms. The third kappa shape index (κ3) is 3.82. The van der Waals surface area contributed by atoms with Crippen molar-refractivity contribution in [1.29, 1.82) is 0 Å². The van der Waals surface area contributed by atoms with Crippen LogP contribution in [-0.4, -0.2) is 47.5 Å². The summed E-state index contributed by atoms with van der Waals surface area (Å²) in [7, 11) is 0. The molecule has 1 saturated heterocycles. The first-order valence-corrected chi connectivity index (χ1v) is 7.72. The molecule has 0 spiro atoms. The third-order valence-electron chi connectivity index (χ3n) is 3.96. The zero-order valence-electron chi connectivity index (χ0n) is 11.0. The second kappa shape index (κ2) is 5.96. The molecular formula is C14H19Cl2N3. The Morgan fingerprint density at radius 2 is 1.74 bits per heavy atom. The Bertz CT molecular complexity index is 440. The number of hydrogen-bond acceptors (Lipinski definition) is 3. The molecule has 3 rings (SSSR count). The zero-order chi connectivity index (χ0) is 13.2. The summed E-state index contributed by atoms with van der Waals surface area (Å²) in [5, 5.41) is 0.996. The van der Waals surface area contributed by atoms with E-state index in [0.29, 0.717) is 10.3 Å². The molecule has 2 heterocycles. The molecule has 1 saturated carbocycles. The van der Waals surface area contributed by atoms with Crippen LogP contribution < -0.4 is 0 Å². The number of pyridine rings is 1. The lowest BCUT2D eigenvalue weighted by Gasteiger charge is -2.34. The maximum atomic E-state index is 6.12. The van der Waals surface area contributed by atoms with E-state index in [4.69, 9.17) is 23.2 Å². The number of rotatable bonds is 4. The number of aromatic nitrogens is 1. The molecule has 0 N–H and O–H groups in total. The Morgan fingerprint density at radius 1 is 1.05 bits per heavy atom. The first kappa shape index (κ1) is 13.6. The molecule has 19 heavy (non-hydrogen) atoms. The van der Waals surface area contributed by atoms with Gasteiger partial charge >= 0.3 is 0 Å². The fourth-order valence-corrected chi connectivity index (χ4v) is 3.00. The molecule has 104 valence electrons. The lowest BCUT2D eigenvalue weighted by molar-refractivity contribution is 0.123. The van der Waals surface area contributed by atoms with Gasteiger partial charge in [-0.1, -0.05) is 29.3 Å². The quantitative estimate of drug-likeness (QED) is 0.797. The number of nitrogens with zero attached hydrogens (tertiary/aromatic N) is 3. The van der Waals surface area contributed by atoms with Crippen molar-refractivity contribution in [1.82, 2.24) is 14.8 Å². The van der Waals surface area contributed by atoms with Crippen LogP contribution in [0.2, 0.25) is 10.3 Å². The van der Waals surface area contributed by atoms with Crippen LogP contribution in [0.5, 0.6) is 0 Å². The fourth-order valence-electron chi connectivity index (χ4n) is 2.60. The molecule has 0 aromatic carbocycles. The van der Waals surface area contributed by atoms with E-state index in [9.17, 15) is 0 Å². The van der Waals surface area contributed by atoms with Crippen molar-refractivity contribution in [3.8, 4) is 0 Å². The van der Waals surface area contributed by atoms with Gasteiger partial charge in [-0.25, -0.2) is 4.98 Å². The smallest absolute Gasteiger partial charge is 0.135 e. The summed E-state index contributed by atoms with van der Waals surface area (Å²) in [6.45, 7) is 6.76. The molecule has 1 aromatic heterocycles. The molecule has 1 aliphatic carbocycles. The van der Waals surface area contributed by atoms with Gasteiger partial charge in [-0.2, -0.15) is 0 Å². The van der Waals surface area contributed by atoms with Gasteiger partial charge in [-0.3, -0.25) is 4.90 Å².